The van der Waals surface area contributed by atoms with Crippen molar-refractivity contribution in [2.45, 2.75) is 77.5 Å². The van der Waals surface area contributed by atoms with Crippen LogP contribution in [0.5, 0.6) is 0 Å². The molecule has 0 saturated carbocycles. The molecule has 3 atom stereocenters. The van der Waals surface area contributed by atoms with E-state index in [9.17, 15) is 18.8 Å². The molecule has 1 aliphatic carbocycles. The van der Waals surface area contributed by atoms with Crippen LogP contribution in [0, 0.1) is 17.7 Å². The second kappa shape index (κ2) is 10.4. The van der Waals surface area contributed by atoms with E-state index in [-0.39, 0.29) is 34.2 Å². The zero-order chi connectivity index (χ0) is 27.1. The van der Waals surface area contributed by atoms with Gasteiger partial charge >= 0.3 is 0 Å². The second-order valence-electron chi connectivity index (χ2n) is 11.6. The monoisotopic (exact) mass is 527 g/mol. The third-order valence-corrected chi connectivity index (χ3v) is 7.30. The van der Waals surface area contributed by atoms with Crippen molar-refractivity contribution in [2.24, 2.45) is 11.8 Å². The lowest BCUT2D eigenvalue weighted by Crippen LogP contribution is -2.67. The largest absolute Gasteiger partial charge is 0.349 e. The Morgan fingerprint density at radius 1 is 1.14 bits per heavy atom. The van der Waals surface area contributed by atoms with Gasteiger partial charge in [-0.3, -0.25) is 14.4 Å². The molecule has 4 rings (SSSR count). The standard InChI is InChI=1S/C29H35ClFN3O3/c1-16(2)12-23-26(35)32-24(20-13-17-8-6-7-9-18(17)14-20)28(37)34(23)25(27(36)33-29(3,4)5)19-10-11-21(30)22(31)15-19/h6-11,15-16,20,23-25H,12-14H2,1-5H3,(H,32,35)(H,33,36). The molecule has 0 bridgehead atoms. The summed E-state index contributed by atoms with van der Waals surface area (Å²) < 4.78 is 14.6. The molecule has 1 heterocycles. The number of nitrogens with one attached hydrogen (secondary N) is 2. The summed E-state index contributed by atoms with van der Waals surface area (Å²) in [5.41, 5.74) is 1.98. The van der Waals surface area contributed by atoms with E-state index in [0.717, 1.165) is 11.1 Å². The SMILES string of the molecule is CC(C)CC1C(=O)NC(C2Cc3ccccc3C2)C(=O)N1C(C(=O)NC(C)(C)C)c1ccc(Cl)c(F)c1. The minimum Gasteiger partial charge on any atom is -0.349 e. The highest BCUT2D eigenvalue weighted by atomic mass is 35.5. The molecule has 6 nitrogen and oxygen atoms in total. The van der Waals surface area contributed by atoms with Crippen molar-refractivity contribution in [3.63, 3.8) is 0 Å². The Morgan fingerprint density at radius 2 is 1.76 bits per heavy atom. The number of piperazine rings is 1. The number of halogens is 2. The van der Waals surface area contributed by atoms with Gasteiger partial charge in [-0.25, -0.2) is 4.39 Å². The van der Waals surface area contributed by atoms with Crippen LogP contribution < -0.4 is 10.6 Å². The fourth-order valence-electron chi connectivity index (χ4n) is 5.43. The summed E-state index contributed by atoms with van der Waals surface area (Å²) in [4.78, 5) is 43.0. The van der Waals surface area contributed by atoms with Crippen LogP contribution in [-0.4, -0.2) is 40.2 Å². The maximum absolute atomic E-state index is 14.6. The quantitative estimate of drug-likeness (QED) is 0.576. The first-order valence-electron chi connectivity index (χ1n) is 12.8. The van der Waals surface area contributed by atoms with Crippen molar-refractivity contribution in [2.75, 3.05) is 0 Å². The molecule has 1 fully saturated rings. The van der Waals surface area contributed by atoms with Gasteiger partial charge < -0.3 is 15.5 Å². The van der Waals surface area contributed by atoms with Gasteiger partial charge in [0.05, 0.1) is 5.02 Å². The second-order valence-corrected chi connectivity index (χ2v) is 12.0. The zero-order valence-corrected chi connectivity index (χ0v) is 22.7. The van der Waals surface area contributed by atoms with E-state index in [1.54, 1.807) is 6.07 Å². The van der Waals surface area contributed by atoms with Crippen molar-refractivity contribution in [1.29, 1.82) is 0 Å². The average molecular weight is 528 g/mol. The van der Waals surface area contributed by atoms with Crippen LogP contribution in [0.15, 0.2) is 42.5 Å². The Hall–Kier alpha value is -2.93. The van der Waals surface area contributed by atoms with Crippen LogP contribution in [0.1, 0.15) is 63.8 Å². The minimum atomic E-state index is -1.19. The molecule has 3 unspecified atom stereocenters. The minimum absolute atomic E-state index is 0.0756. The summed E-state index contributed by atoms with van der Waals surface area (Å²) in [5, 5.41) is 5.84. The summed E-state index contributed by atoms with van der Waals surface area (Å²) in [5.74, 6) is -1.84. The smallest absolute Gasteiger partial charge is 0.247 e. The van der Waals surface area contributed by atoms with Crippen molar-refractivity contribution >= 4 is 29.3 Å². The van der Waals surface area contributed by atoms with Gasteiger partial charge in [-0.15, -0.1) is 0 Å². The molecule has 198 valence electrons. The fourth-order valence-corrected chi connectivity index (χ4v) is 5.55. The predicted molar refractivity (Wildman–Crippen MR) is 141 cm³/mol. The number of hydrogen-bond donors (Lipinski definition) is 2. The first kappa shape index (κ1) is 27.1. The molecule has 0 radical (unpaired) electrons. The molecule has 1 saturated heterocycles. The predicted octanol–water partition coefficient (Wildman–Crippen LogP) is 4.59. The lowest BCUT2D eigenvalue weighted by atomic mass is 9.87. The number of nitrogens with zero attached hydrogens (tertiary/aromatic N) is 1. The van der Waals surface area contributed by atoms with Gasteiger partial charge in [0.15, 0.2) is 0 Å². The van der Waals surface area contributed by atoms with Crippen molar-refractivity contribution in [3.05, 3.63) is 70.0 Å². The Labute approximate surface area is 222 Å². The molecular formula is C29H35ClFN3O3. The van der Waals surface area contributed by atoms with E-state index in [0.29, 0.717) is 19.3 Å². The lowest BCUT2D eigenvalue weighted by molar-refractivity contribution is -0.158. The van der Waals surface area contributed by atoms with Crippen LogP contribution in [0.3, 0.4) is 0 Å². The number of carbonyl (C=O) groups is 3. The van der Waals surface area contributed by atoms with E-state index >= 15 is 0 Å². The van der Waals surface area contributed by atoms with Crippen LogP contribution in [-0.2, 0) is 27.2 Å². The normalized spacial score (nSPS) is 21.1. The van der Waals surface area contributed by atoms with Gasteiger partial charge in [0.1, 0.15) is 23.9 Å². The van der Waals surface area contributed by atoms with E-state index in [1.165, 1.54) is 17.0 Å². The summed E-state index contributed by atoms with van der Waals surface area (Å²) in [7, 11) is 0. The van der Waals surface area contributed by atoms with E-state index in [4.69, 9.17) is 11.6 Å². The van der Waals surface area contributed by atoms with Gasteiger partial charge in [0.25, 0.3) is 0 Å². The number of fused-ring (bicyclic) bond motifs is 1. The third-order valence-electron chi connectivity index (χ3n) is 6.99. The molecule has 1 aliphatic heterocycles. The summed E-state index contributed by atoms with van der Waals surface area (Å²) in [6.07, 6.45) is 1.68. The topological polar surface area (TPSA) is 78.5 Å². The van der Waals surface area contributed by atoms with Crippen LogP contribution in [0.25, 0.3) is 0 Å². The number of carbonyl (C=O) groups excluding carboxylic acids is 3. The molecule has 0 aromatic heterocycles. The fraction of sp³-hybridized carbons (Fsp3) is 0.483. The molecule has 2 aliphatic rings. The summed E-state index contributed by atoms with van der Waals surface area (Å²) >= 11 is 5.94. The molecule has 3 amide bonds. The highest BCUT2D eigenvalue weighted by Crippen LogP contribution is 2.36. The first-order chi connectivity index (χ1) is 17.4. The van der Waals surface area contributed by atoms with Crippen molar-refractivity contribution in [3.8, 4) is 0 Å². The molecule has 2 aromatic carbocycles. The van der Waals surface area contributed by atoms with E-state index in [1.807, 2.05) is 58.9 Å². The molecular weight excluding hydrogens is 493 g/mol. The van der Waals surface area contributed by atoms with Gasteiger partial charge in [0.2, 0.25) is 17.7 Å². The van der Waals surface area contributed by atoms with Crippen molar-refractivity contribution in [1.82, 2.24) is 15.5 Å². The Bertz CT molecular complexity index is 1180. The number of hydrogen-bond acceptors (Lipinski definition) is 3. The zero-order valence-electron chi connectivity index (χ0n) is 22.0. The van der Waals surface area contributed by atoms with Gasteiger partial charge in [0, 0.05) is 5.54 Å². The van der Waals surface area contributed by atoms with E-state index in [2.05, 4.69) is 10.6 Å². The molecule has 2 N–H and O–H groups in total. The maximum atomic E-state index is 14.6. The Balaban J connectivity index is 1.78. The number of benzene rings is 2. The van der Waals surface area contributed by atoms with Gasteiger partial charge in [-0.05, 0) is 80.7 Å². The molecule has 2 aromatic rings. The van der Waals surface area contributed by atoms with Crippen molar-refractivity contribution < 1.29 is 18.8 Å². The molecule has 37 heavy (non-hydrogen) atoms. The molecule has 0 spiro atoms. The number of rotatable bonds is 6. The first-order valence-corrected chi connectivity index (χ1v) is 13.2. The Kier molecular flexibility index (Phi) is 7.65. The average Bonchev–Trinajstić information content (AvgIpc) is 3.23. The lowest BCUT2D eigenvalue weighted by Gasteiger charge is -2.45. The van der Waals surface area contributed by atoms with E-state index < -0.39 is 35.4 Å². The molecule has 8 heteroatoms. The highest BCUT2D eigenvalue weighted by molar-refractivity contribution is 6.30. The maximum Gasteiger partial charge on any atom is 0.247 e. The van der Waals surface area contributed by atoms with Crippen LogP contribution in [0.2, 0.25) is 5.02 Å². The Morgan fingerprint density at radius 3 is 2.30 bits per heavy atom. The van der Waals surface area contributed by atoms with Crippen LogP contribution in [0.4, 0.5) is 4.39 Å². The highest BCUT2D eigenvalue weighted by Gasteiger charge is 2.49. The summed E-state index contributed by atoms with van der Waals surface area (Å²) in [6, 6.07) is 9.27. The third kappa shape index (κ3) is 5.82. The van der Waals surface area contributed by atoms with Crippen LogP contribution >= 0.6 is 11.6 Å². The van der Waals surface area contributed by atoms with Gasteiger partial charge in [-0.1, -0.05) is 55.8 Å². The van der Waals surface area contributed by atoms with Gasteiger partial charge in [-0.2, -0.15) is 0 Å². The summed E-state index contributed by atoms with van der Waals surface area (Å²) in [6.45, 7) is 9.42. The number of amides is 3.